The number of sulfonamides is 1. The molecule has 2 aromatic rings. The zero-order valence-corrected chi connectivity index (χ0v) is 18.4. The summed E-state index contributed by atoms with van der Waals surface area (Å²) in [6.07, 6.45) is 1.12. The Morgan fingerprint density at radius 2 is 1.79 bits per heavy atom. The first kappa shape index (κ1) is 22.3. The van der Waals surface area contributed by atoms with Gasteiger partial charge in [-0.2, -0.15) is 11.8 Å². The predicted molar refractivity (Wildman–Crippen MR) is 118 cm³/mol. The molecule has 0 aliphatic carbocycles. The first-order valence-electron chi connectivity index (χ1n) is 9.15. The van der Waals surface area contributed by atoms with Gasteiger partial charge >= 0.3 is 0 Å². The van der Waals surface area contributed by atoms with Crippen LogP contribution in [0.4, 0.5) is 5.69 Å². The molecule has 5 nitrogen and oxygen atoms in total. The minimum Gasteiger partial charge on any atom is -0.353 e. The topological polar surface area (TPSA) is 66.5 Å². The van der Waals surface area contributed by atoms with Crippen molar-refractivity contribution in [2.24, 2.45) is 0 Å². The van der Waals surface area contributed by atoms with Crippen molar-refractivity contribution in [3.63, 3.8) is 0 Å². The van der Waals surface area contributed by atoms with Crippen LogP contribution in [-0.4, -0.2) is 38.9 Å². The maximum Gasteiger partial charge on any atom is 0.243 e. The van der Waals surface area contributed by atoms with E-state index in [1.165, 1.54) is 15.4 Å². The molecule has 7 heteroatoms. The van der Waals surface area contributed by atoms with Gasteiger partial charge in [0.1, 0.15) is 6.04 Å². The molecule has 0 radical (unpaired) electrons. The number of rotatable bonds is 9. The maximum atomic E-state index is 12.5. The fraction of sp³-hybridized carbons (Fsp3) is 0.381. The van der Waals surface area contributed by atoms with E-state index in [2.05, 4.69) is 30.4 Å². The second-order valence-corrected chi connectivity index (χ2v) is 9.87. The van der Waals surface area contributed by atoms with Crippen LogP contribution in [0.3, 0.4) is 0 Å². The Morgan fingerprint density at radius 3 is 2.39 bits per heavy atom. The fourth-order valence-corrected chi connectivity index (χ4v) is 4.87. The lowest BCUT2D eigenvalue weighted by Gasteiger charge is -2.28. The van der Waals surface area contributed by atoms with Crippen LogP contribution in [0.2, 0.25) is 0 Å². The highest BCUT2D eigenvalue weighted by Gasteiger charge is 2.28. The SMILES string of the molecule is Cc1ccc(N([C@H](C)C(=O)NCCSCc2cccc(C)c2)S(C)(=O)=O)cc1. The number of nitrogens with one attached hydrogen (secondary N) is 1. The van der Waals surface area contributed by atoms with Crippen molar-refractivity contribution in [1.82, 2.24) is 5.32 Å². The van der Waals surface area contributed by atoms with Crippen LogP contribution in [0.25, 0.3) is 0 Å². The molecule has 1 N–H and O–H groups in total. The van der Waals surface area contributed by atoms with Crippen LogP contribution < -0.4 is 9.62 Å². The molecule has 0 aliphatic rings. The van der Waals surface area contributed by atoms with Gasteiger partial charge in [-0.3, -0.25) is 9.10 Å². The number of benzene rings is 2. The molecule has 1 atom stereocenters. The second-order valence-electron chi connectivity index (χ2n) is 6.90. The van der Waals surface area contributed by atoms with Crippen molar-refractivity contribution in [2.75, 3.05) is 22.9 Å². The Kier molecular flexibility index (Phi) is 7.95. The molecular weight excluding hydrogens is 392 g/mol. The van der Waals surface area contributed by atoms with Crippen molar-refractivity contribution in [1.29, 1.82) is 0 Å². The van der Waals surface area contributed by atoms with Crippen molar-refractivity contribution in [2.45, 2.75) is 32.6 Å². The lowest BCUT2D eigenvalue weighted by Crippen LogP contribution is -2.48. The van der Waals surface area contributed by atoms with Crippen LogP contribution in [0, 0.1) is 13.8 Å². The Morgan fingerprint density at radius 1 is 1.11 bits per heavy atom. The predicted octanol–water partition coefficient (Wildman–Crippen LogP) is 3.51. The van der Waals surface area contributed by atoms with Crippen LogP contribution in [0.15, 0.2) is 48.5 Å². The van der Waals surface area contributed by atoms with E-state index in [-0.39, 0.29) is 5.91 Å². The molecule has 0 heterocycles. The molecule has 0 saturated carbocycles. The molecule has 0 spiro atoms. The van der Waals surface area contributed by atoms with Gasteiger partial charge < -0.3 is 5.32 Å². The van der Waals surface area contributed by atoms with E-state index < -0.39 is 16.1 Å². The summed E-state index contributed by atoms with van der Waals surface area (Å²) in [6.45, 7) is 6.10. The average molecular weight is 421 g/mol. The van der Waals surface area contributed by atoms with Gasteiger partial charge in [-0.05, 0) is 38.5 Å². The molecule has 152 valence electrons. The smallest absolute Gasteiger partial charge is 0.243 e. The molecule has 2 rings (SSSR count). The number of carbonyl (C=O) groups excluding carboxylic acids is 1. The third-order valence-corrected chi connectivity index (χ3v) is 6.55. The highest BCUT2D eigenvalue weighted by Crippen LogP contribution is 2.21. The minimum atomic E-state index is -3.58. The summed E-state index contributed by atoms with van der Waals surface area (Å²) in [5.74, 6) is 1.34. The summed E-state index contributed by atoms with van der Waals surface area (Å²) in [5.41, 5.74) is 4.01. The standard InChI is InChI=1S/C21H28N2O3S2/c1-16-8-10-20(11-9-16)23(28(4,25)26)18(3)21(24)22-12-13-27-15-19-7-5-6-17(2)14-19/h5-11,14,18H,12-13,15H2,1-4H3,(H,22,24)/t18-/m1/s1. The minimum absolute atomic E-state index is 0.304. The first-order valence-corrected chi connectivity index (χ1v) is 12.2. The molecule has 0 aromatic heterocycles. The van der Waals surface area contributed by atoms with Gasteiger partial charge in [0, 0.05) is 18.1 Å². The average Bonchev–Trinajstić information content (AvgIpc) is 2.62. The summed E-state index contributed by atoms with van der Waals surface area (Å²) in [5, 5.41) is 2.85. The lowest BCUT2D eigenvalue weighted by molar-refractivity contribution is -0.121. The quantitative estimate of drug-likeness (QED) is 0.631. The molecular formula is C21H28N2O3S2. The van der Waals surface area contributed by atoms with E-state index in [0.29, 0.717) is 12.2 Å². The van der Waals surface area contributed by atoms with E-state index in [1.807, 2.05) is 25.1 Å². The first-order chi connectivity index (χ1) is 13.2. The third-order valence-electron chi connectivity index (χ3n) is 4.27. The number of hydrogen-bond acceptors (Lipinski definition) is 4. The number of anilines is 1. The van der Waals surface area contributed by atoms with Gasteiger partial charge in [0.2, 0.25) is 15.9 Å². The second kappa shape index (κ2) is 9.98. The maximum absolute atomic E-state index is 12.5. The summed E-state index contributed by atoms with van der Waals surface area (Å²) >= 11 is 1.73. The Balaban J connectivity index is 1.89. The third kappa shape index (κ3) is 6.56. The van der Waals surface area contributed by atoms with Crippen LogP contribution in [0.5, 0.6) is 0 Å². The van der Waals surface area contributed by atoms with E-state index in [0.717, 1.165) is 23.3 Å². The van der Waals surface area contributed by atoms with Crippen LogP contribution >= 0.6 is 11.8 Å². The van der Waals surface area contributed by atoms with Crippen LogP contribution in [0.1, 0.15) is 23.6 Å². The molecule has 0 saturated heterocycles. The van der Waals surface area contributed by atoms with Gasteiger partial charge in [-0.1, -0.05) is 47.5 Å². The van der Waals surface area contributed by atoms with Crippen molar-refractivity contribution < 1.29 is 13.2 Å². The fourth-order valence-electron chi connectivity index (χ4n) is 2.89. The van der Waals surface area contributed by atoms with Crippen molar-refractivity contribution in [3.8, 4) is 0 Å². The van der Waals surface area contributed by atoms with Crippen molar-refractivity contribution in [3.05, 3.63) is 65.2 Å². The number of amides is 1. The number of nitrogens with zero attached hydrogens (tertiary/aromatic N) is 1. The molecule has 28 heavy (non-hydrogen) atoms. The number of aryl methyl sites for hydroxylation is 2. The number of thioether (sulfide) groups is 1. The van der Waals surface area contributed by atoms with Crippen molar-refractivity contribution >= 4 is 33.4 Å². The monoisotopic (exact) mass is 420 g/mol. The van der Waals surface area contributed by atoms with Gasteiger partial charge in [0.25, 0.3) is 0 Å². The van der Waals surface area contributed by atoms with Gasteiger partial charge in [0.15, 0.2) is 0 Å². The number of hydrogen-bond donors (Lipinski definition) is 1. The Hall–Kier alpha value is -1.99. The zero-order valence-electron chi connectivity index (χ0n) is 16.8. The van der Waals surface area contributed by atoms with E-state index in [9.17, 15) is 13.2 Å². The summed E-state index contributed by atoms with van der Waals surface area (Å²) in [7, 11) is -3.58. The molecule has 1 amide bonds. The Bertz CT molecular complexity index is 896. The molecule has 0 bridgehead atoms. The van der Waals surface area contributed by atoms with Gasteiger partial charge in [-0.15, -0.1) is 0 Å². The highest BCUT2D eigenvalue weighted by atomic mass is 32.2. The molecule has 0 aliphatic heterocycles. The summed E-state index contributed by atoms with van der Waals surface area (Å²) < 4.78 is 25.7. The van der Waals surface area contributed by atoms with E-state index in [1.54, 1.807) is 30.8 Å². The van der Waals surface area contributed by atoms with E-state index >= 15 is 0 Å². The summed E-state index contributed by atoms with van der Waals surface area (Å²) in [6, 6.07) is 14.6. The molecule has 0 fully saturated rings. The number of carbonyl (C=O) groups is 1. The molecule has 2 aromatic carbocycles. The lowest BCUT2D eigenvalue weighted by atomic mass is 10.2. The Labute approximate surface area is 172 Å². The normalized spacial score (nSPS) is 12.4. The van der Waals surface area contributed by atoms with Gasteiger partial charge in [0.05, 0.1) is 11.9 Å². The molecule has 0 unspecified atom stereocenters. The summed E-state index contributed by atoms with van der Waals surface area (Å²) in [4.78, 5) is 12.5. The van der Waals surface area contributed by atoms with Crippen LogP contribution in [-0.2, 0) is 20.6 Å². The van der Waals surface area contributed by atoms with E-state index in [4.69, 9.17) is 0 Å². The zero-order chi connectivity index (χ0) is 20.7. The van der Waals surface area contributed by atoms with Gasteiger partial charge in [-0.25, -0.2) is 8.42 Å². The largest absolute Gasteiger partial charge is 0.353 e. The highest BCUT2D eigenvalue weighted by molar-refractivity contribution is 7.98.